The lowest BCUT2D eigenvalue weighted by molar-refractivity contribution is 0.203. The molecule has 2 aliphatic rings. The lowest BCUT2D eigenvalue weighted by Crippen LogP contribution is -2.54. The summed E-state index contributed by atoms with van der Waals surface area (Å²) < 4.78 is 6.62. The number of fused-ring (bicyclic) bond motifs is 5. The molecule has 9 rings (SSSR count). The van der Waals surface area contributed by atoms with Crippen LogP contribution in [0.5, 0.6) is 5.75 Å². The summed E-state index contributed by atoms with van der Waals surface area (Å²) in [7, 11) is 0. The molecule has 2 heterocycles. The highest BCUT2D eigenvalue weighted by Gasteiger charge is 2.30. The second kappa shape index (κ2) is 11.7. The quantitative estimate of drug-likeness (QED) is 0.146. The maximum atomic E-state index is 6.62. The van der Waals surface area contributed by atoms with Crippen LogP contribution >= 0.6 is 0 Å². The molecule has 5 nitrogen and oxygen atoms in total. The number of rotatable bonds is 5. The number of anilines is 1. The monoisotopic (exact) mass is 610 g/mol. The average Bonchev–Trinajstić information content (AvgIpc) is 3.60. The Labute approximate surface area is 274 Å². The predicted octanol–water partition coefficient (Wildman–Crippen LogP) is 9.34. The number of ether oxygens (including phenoxy) is 1. The molecule has 3 unspecified atom stereocenters. The van der Waals surface area contributed by atoms with Gasteiger partial charge in [0, 0.05) is 10.9 Å². The zero-order valence-electron chi connectivity index (χ0n) is 25.7. The van der Waals surface area contributed by atoms with Crippen molar-refractivity contribution < 1.29 is 4.74 Å². The van der Waals surface area contributed by atoms with Gasteiger partial charge in [-0.1, -0.05) is 140 Å². The van der Waals surface area contributed by atoms with Gasteiger partial charge in [-0.25, -0.2) is 0 Å². The highest BCUT2D eigenvalue weighted by molar-refractivity contribution is 6.13. The SMILES string of the molecule is c1ccc(C2NC(c3ccccc3)NC(c3cccc(-c4ccc5ccc6ccc7c(c6c5c4)OC(c4ccccc4)N7)c3)N2)cc1. The minimum Gasteiger partial charge on any atom is -0.464 e. The molecule has 0 bridgehead atoms. The highest BCUT2D eigenvalue weighted by atomic mass is 16.5. The Kier molecular flexibility index (Phi) is 6.94. The van der Waals surface area contributed by atoms with Crippen LogP contribution < -0.4 is 26.0 Å². The third kappa shape index (κ3) is 5.21. The molecule has 0 aromatic heterocycles. The van der Waals surface area contributed by atoms with Gasteiger partial charge in [0.05, 0.1) is 24.2 Å². The van der Waals surface area contributed by atoms with E-state index in [4.69, 9.17) is 4.74 Å². The van der Waals surface area contributed by atoms with Gasteiger partial charge >= 0.3 is 0 Å². The van der Waals surface area contributed by atoms with Crippen LogP contribution in [0.25, 0.3) is 32.7 Å². The number of hydrogen-bond acceptors (Lipinski definition) is 5. The molecule has 1 fully saturated rings. The molecular formula is C42H34N4O. The molecular weight excluding hydrogens is 576 g/mol. The van der Waals surface area contributed by atoms with E-state index in [0.717, 1.165) is 22.4 Å². The summed E-state index contributed by atoms with van der Waals surface area (Å²) in [5.41, 5.74) is 8.07. The molecule has 2 aliphatic heterocycles. The van der Waals surface area contributed by atoms with Crippen LogP contribution in [-0.4, -0.2) is 0 Å². The predicted molar refractivity (Wildman–Crippen MR) is 191 cm³/mol. The van der Waals surface area contributed by atoms with Crippen molar-refractivity contribution >= 4 is 27.2 Å². The van der Waals surface area contributed by atoms with Crippen LogP contribution in [0.4, 0.5) is 5.69 Å². The third-order valence-electron chi connectivity index (χ3n) is 9.40. The molecule has 1 saturated heterocycles. The summed E-state index contributed by atoms with van der Waals surface area (Å²) in [6.45, 7) is 0. The maximum Gasteiger partial charge on any atom is 0.196 e. The minimum absolute atomic E-state index is 0.0150. The molecule has 0 saturated carbocycles. The highest BCUT2D eigenvalue weighted by Crippen LogP contribution is 2.46. The normalized spacial score (nSPS) is 20.4. The fraction of sp³-hybridized carbons (Fsp3) is 0.0952. The average molecular weight is 611 g/mol. The van der Waals surface area contributed by atoms with Crippen LogP contribution in [0.2, 0.25) is 0 Å². The van der Waals surface area contributed by atoms with Gasteiger partial charge in [-0.15, -0.1) is 0 Å². The van der Waals surface area contributed by atoms with Crippen molar-refractivity contribution in [3.63, 3.8) is 0 Å². The van der Waals surface area contributed by atoms with E-state index < -0.39 is 0 Å². The van der Waals surface area contributed by atoms with Crippen molar-refractivity contribution in [1.82, 2.24) is 16.0 Å². The van der Waals surface area contributed by atoms with E-state index in [1.165, 1.54) is 44.0 Å². The smallest absolute Gasteiger partial charge is 0.196 e. The summed E-state index contributed by atoms with van der Waals surface area (Å²) in [5.74, 6) is 0.912. The Morgan fingerprint density at radius 1 is 0.426 bits per heavy atom. The zero-order valence-corrected chi connectivity index (χ0v) is 25.7. The van der Waals surface area contributed by atoms with Gasteiger partial charge in [0.25, 0.3) is 0 Å². The third-order valence-corrected chi connectivity index (χ3v) is 9.40. The van der Waals surface area contributed by atoms with Crippen LogP contribution in [0.1, 0.15) is 47.0 Å². The van der Waals surface area contributed by atoms with Gasteiger partial charge in [-0.2, -0.15) is 0 Å². The van der Waals surface area contributed by atoms with Gasteiger partial charge < -0.3 is 10.1 Å². The van der Waals surface area contributed by atoms with Crippen molar-refractivity contribution in [2.24, 2.45) is 0 Å². The van der Waals surface area contributed by atoms with Gasteiger partial charge in [-0.3, -0.25) is 16.0 Å². The van der Waals surface area contributed by atoms with E-state index in [0.29, 0.717) is 0 Å². The second-order valence-electron chi connectivity index (χ2n) is 12.3. The molecule has 5 heteroatoms. The first-order chi connectivity index (χ1) is 23.3. The largest absolute Gasteiger partial charge is 0.464 e. The standard InChI is InChI=1S/C42H34N4O/c1-4-11-29(12-5-1)39-44-40(30-13-6-2-7-14-30)46-41(45-39)34-18-10-17-32(25-34)33-22-20-27-19-21-28-23-24-36-38(37(28)35(27)26-33)47-42(43-36)31-15-8-3-9-16-31/h1-26,39-46H. The first-order valence-electron chi connectivity index (χ1n) is 16.2. The fourth-order valence-electron chi connectivity index (χ4n) is 7.01. The molecule has 4 N–H and O–H groups in total. The van der Waals surface area contributed by atoms with Gasteiger partial charge in [0.2, 0.25) is 0 Å². The molecule has 0 amide bonds. The number of hydrogen-bond donors (Lipinski definition) is 4. The number of nitrogens with one attached hydrogen (secondary N) is 4. The Hall–Kier alpha value is -5.46. The van der Waals surface area contributed by atoms with E-state index in [9.17, 15) is 0 Å². The van der Waals surface area contributed by atoms with Crippen molar-refractivity contribution in [1.29, 1.82) is 0 Å². The molecule has 0 radical (unpaired) electrons. The summed E-state index contributed by atoms with van der Waals surface area (Å²) >= 11 is 0. The Morgan fingerprint density at radius 3 is 1.64 bits per heavy atom. The van der Waals surface area contributed by atoms with Crippen molar-refractivity contribution in [3.8, 4) is 16.9 Å². The van der Waals surface area contributed by atoms with Crippen molar-refractivity contribution in [3.05, 3.63) is 180 Å². The molecule has 47 heavy (non-hydrogen) atoms. The summed E-state index contributed by atoms with van der Waals surface area (Å²) in [4.78, 5) is 0. The molecule has 3 atom stereocenters. The molecule has 0 aliphatic carbocycles. The van der Waals surface area contributed by atoms with Crippen LogP contribution in [-0.2, 0) is 0 Å². The second-order valence-corrected chi connectivity index (χ2v) is 12.3. The Morgan fingerprint density at radius 2 is 0.957 bits per heavy atom. The van der Waals surface area contributed by atoms with Gasteiger partial charge in [-0.05, 0) is 62.2 Å². The van der Waals surface area contributed by atoms with Crippen LogP contribution in [0.3, 0.4) is 0 Å². The Bertz CT molecular complexity index is 2160. The van der Waals surface area contributed by atoms with Crippen molar-refractivity contribution in [2.75, 3.05) is 5.32 Å². The van der Waals surface area contributed by atoms with Crippen LogP contribution in [0.15, 0.2) is 158 Å². The lowest BCUT2D eigenvalue weighted by Gasteiger charge is -2.39. The van der Waals surface area contributed by atoms with E-state index in [2.05, 4.69) is 173 Å². The molecule has 228 valence electrons. The van der Waals surface area contributed by atoms with Crippen LogP contribution in [0, 0.1) is 0 Å². The van der Waals surface area contributed by atoms with Crippen molar-refractivity contribution in [2.45, 2.75) is 24.7 Å². The van der Waals surface area contributed by atoms with E-state index in [1.807, 2.05) is 6.07 Å². The molecule has 0 spiro atoms. The zero-order chi connectivity index (χ0) is 31.2. The first-order valence-corrected chi connectivity index (χ1v) is 16.2. The summed E-state index contributed by atoms with van der Waals surface area (Å²) in [6.07, 6.45) is -0.306. The minimum atomic E-state index is -0.212. The lowest BCUT2D eigenvalue weighted by atomic mass is 9.95. The summed E-state index contributed by atoms with van der Waals surface area (Å²) in [5, 5.41) is 19.7. The Balaban J connectivity index is 1.09. The molecule has 7 aromatic carbocycles. The molecule has 7 aromatic rings. The van der Waals surface area contributed by atoms with Gasteiger partial charge in [0.15, 0.2) is 12.0 Å². The summed E-state index contributed by atoms with van der Waals surface area (Å²) in [6, 6.07) is 55.9. The maximum absolute atomic E-state index is 6.62. The van der Waals surface area contributed by atoms with Gasteiger partial charge in [0.1, 0.15) is 0 Å². The topological polar surface area (TPSA) is 57.4 Å². The van der Waals surface area contributed by atoms with E-state index in [1.54, 1.807) is 0 Å². The fourth-order valence-corrected chi connectivity index (χ4v) is 7.01. The number of benzene rings is 7. The van der Waals surface area contributed by atoms with E-state index >= 15 is 0 Å². The van der Waals surface area contributed by atoms with E-state index in [-0.39, 0.29) is 24.7 Å². The first kappa shape index (κ1) is 27.8.